The highest BCUT2D eigenvalue weighted by Gasteiger charge is 2.23. The molecule has 0 aromatic heterocycles. The molecule has 0 aliphatic rings. The van der Waals surface area contributed by atoms with Gasteiger partial charge in [0.1, 0.15) is 0 Å². The maximum absolute atomic E-state index is 12.3. The van der Waals surface area contributed by atoms with Crippen molar-refractivity contribution in [3.05, 3.63) is 46.5 Å². The second kappa shape index (κ2) is 10.4. The van der Waals surface area contributed by atoms with Crippen molar-refractivity contribution in [2.45, 2.75) is 39.5 Å². The van der Waals surface area contributed by atoms with Gasteiger partial charge in [-0.05, 0) is 13.3 Å². The fourth-order valence-corrected chi connectivity index (χ4v) is 2.22. The summed E-state index contributed by atoms with van der Waals surface area (Å²) in [4.78, 5) is 35.2. The van der Waals surface area contributed by atoms with Crippen molar-refractivity contribution in [3.63, 3.8) is 0 Å². The summed E-state index contributed by atoms with van der Waals surface area (Å²) in [6.07, 6.45) is 1.29. The van der Waals surface area contributed by atoms with Gasteiger partial charge in [0.25, 0.3) is 0 Å². The lowest BCUT2D eigenvalue weighted by Crippen LogP contribution is -2.16. The van der Waals surface area contributed by atoms with Gasteiger partial charge in [-0.25, -0.2) is 9.59 Å². The van der Waals surface area contributed by atoms with Gasteiger partial charge in [0, 0.05) is 25.0 Å². The van der Waals surface area contributed by atoms with Crippen molar-refractivity contribution in [2.75, 3.05) is 13.2 Å². The quantitative estimate of drug-likeness (QED) is 0.362. The third-order valence-corrected chi connectivity index (χ3v) is 3.73. The number of Topliss-reactive ketones (excluding diaryl/α,β-unsaturated/α-hetero) is 1. The Morgan fingerprint density at radius 3 is 2.08 bits per heavy atom. The van der Waals surface area contributed by atoms with Crippen LogP contribution in [0.4, 0.5) is 0 Å². The molecule has 1 aromatic carbocycles. The molecule has 6 heteroatoms. The van der Waals surface area contributed by atoms with Crippen LogP contribution in [0.15, 0.2) is 35.4 Å². The minimum Gasteiger partial charge on any atom is -0.478 e. The standard InChI is InChI=1S/C19H24O6/c1-3-4-10-25-11-9-15(18(21)22)16(19(23)24)12-17(20)14-7-5-13(2)6-8-14/h5-8H,3-4,9-12H2,1-2H3,(H,21,22)(H,23,24). The number of rotatable bonds is 11. The summed E-state index contributed by atoms with van der Waals surface area (Å²) in [5.41, 5.74) is 0.649. The molecule has 1 rings (SSSR count). The van der Waals surface area contributed by atoms with Crippen LogP contribution in [-0.2, 0) is 14.3 Å². The summed E-state index contributed by atoms with van der Waals surface area (Å²) in [5, 5.41) is 18.7. The zero-order valence-corrected chi connectivity index (χ0v) is 14.6. The Balaban J connectivity index is 2.92. The van der Waals surface area contributed by atoms with Crippen molar-refractivity contribution in [3.8, 4) is 0 Å². The maximum atomic E-state index is 12.3. The molecule has 0 bridgehead atoms. The summed E-state index contributed by atoms with van der Waals surface area (Å²) in [6, 6.07) is 6.70. The number of aliphatic carboxylic acids is 2. The molecule has 0 aliphatic heterocycles. The Labute approximate surface area is 147 Å². The van der Waals surface area contributed by atoms with Crippen LogP contribution in [0.1, 0.15) is 48.5 Å². The molecule has 0 radical (unpaired) electrons. The minimum atomic E-state index is -1.40. The molecule has 136 valence electrons. The number of aryl methyl sites for hydroxylation is 1. The Morgan fingerprint density at radius 1 is 0.960 bits per heavy atom. The Bertz CT molecular complexity index is 642. The fraction of sp³-hybridized carbons (Fsp3) is 0.421. The number of carboxylic acid groups (broad SMARTS) is 2. The van der Waals surface area contributed by atoms with E-state index in [4.69, 9.17) is 4.74 Å². The van der Waals surface area contributed by atoms with Crippen LogP contribution in [0, 0.1) is 6.92 Å². The highest BCUT2D eigenvalue weighted by molar-refractivity contribution is 6.06. The van der Waals surface area contributed by atoms with E-state index < -0.39 is 29.7 Å². The number of hydrogen-bond acceptors (Lipinski definition) is 4. The third kappa shape index (κ3) is 6.89. The zero-order valence-electron chi connectivity index (χ0n) is 14.6. The molecule has 0 spiro atoms. The topological polar surface area (TPSA) is 101 Å². The Kier molecular flexibility index (Phi) is 8.56. The predicted octanol–water partition coefficient (Wildman–Crippen LogP) is 3.24. The van der Waals surface area contributed by atoms with Gasteiger partial charge in [-0.1, -0.05) is 43.2 Å². The van der Waals surface area contributed by atoms with Gasteiger partial charge >= 0.3 is 11.9 Å². The lowest BCUT2D eigenvalue weighted by atomic mass is 9.97. The largest absolute Gasteiger partial charge is 0.478 e. The molecule has 6 nitrogen and oxygen atoms in total. The number of hydrogen-bond donors (Lipinski definition) is 2. The summed E-state index contributed by atoms with van der Waals surface area (Å²) in [6.45, 7) is 4.48. The van der Waals surface area contributed by atoms with E-state index in [9.17, 15) is 24.6 Å². The molecule has 0 fully saturated rings. The molecule has 0 amide bonds. The maximum Gasteiger partial charge on any atom is 0.332 e. The number of carbonyl (C=O) groups is 3. The highest BCUT2D eigenvalue weighted by atomic mass is 16.5. The molecule has 25 heavy (non-hydrogen) atoms. The van der Waals surface area contributed by atoms with Crippen LogP contribution < -0.4 is 0 Å². The van der Waals surface area contributed by atoms with Crippen LogP contribution in [0.25, 0.3) is 0 Å². The van der Waals surface area contributed by atoms with Gasteiger partial charge in [-0.15, -0.1) is 0 Å². The first-order valence-corrected chi connectivity index (χ1v) is 8.23. The summed E-state index contributed by atoms with van der Waals surface area (Å²) < 4.78 is 5.31. The van der Waals surface area contributed by atoms with Crippen molar-refractivity contribution in [2.24, 2.45) is 0 Å². The number of carboxylic acids is 2. The predicted molar refractivity (Wildman–Crippen MR) is 92.8 cm³/mol. The van der Waals surface area contributed by atoms with E-state index in [1.807, 2.05) is 13.8 Å². The second-order valence-electron chi connectivity index (χ2n) is 5.75. The van der Waals surface area contributed by atoms with Crippen molar-refractivity contribution >= 4 is 17.7 Å². The van der Waals surface area contributed by atoms with Crippen molar-refractivity contribution < 1.29 is 29.3 Å². The van der Waals surface area contributed by atoms with Crippen LogP contribution >= 0.6 is 0 Å². The molecule has 0 saturated carbocycles. The average molecular weight is 348 g/mol. The smallest absolute Gasteiger partial charge is 0.332 e. The molecule has 0 atom stereocenters. The SMILES string of the molecule is CCCCOCCC(C(=O)O)=C(CC(=O)c1ccc(C)cc1)C(=O)O. The van der Waals surface area contributed by atoms with E-state index in [1.54, 1.807) is 24.3 Å². The van der Waals surface area contributed by atoms with Gasteiger partial charge in [-0.3, -0.25) is 4.79 Å². The fourth-order valence-electron chi connectivity index (χ4n) is 2.22. The van der Waals surface area contributed by atoms with Crippen LogP contribution in [0.2, 0.25) is 0 Å². The number of benzene rings is 1. The molecule has 1 aromatic rings. The molecule has 2 N–H and O–H groups in total. The van der Waals surface area contributed by atoms with E-state index >= 15 is 0 Å². The van der Waals surface area contributed by atoms with Crippen LogP contribution in [0.5, 0.6) is 0 Å². The Hall–Kier alpha value is -2.47. The number of ketones is 1. The van der Waals surface area contributed by atoms with Gasteiger partial charge in [0.05, 0.1) is 17.8 Å². The highest BCUT2D eigenvalue weighted by Crippen LogP contribution is 2.18. The van der Waals surface area contributed by atoms with Gasteiger partial charge in [0.2, 0.25) is 0 Å². The zero-order chi connectivity index (χ0) is 18.8. The van der Waals surface area contributed by atoms with E-state index in [-0.39, 0.29) is 18.6 Å². The second-order valence-corrected chi connectivity index (χ2v) is 5.75. The lowest BCUT2D eigenvalue weighted by molar-refractivity contribution is -0.136. The van der Waals surface area contributed by atoms with E-state index in [0.717, 1.165) is 18.4 Å². The molecule has 0 unspecified atom stereocenters. The normalized spacial score (nSPS) is 11.8. The molecule has 0 saturated heterocycles. The summed E-state index contributed by atoms with van der Waals surface area (Å²) in [5.74, 6) is -3.16. The van der Waals surface area contributed by atoms with Crippen LogP contribution in [-0.4, -0.2) is 41.1 Å². The molecule has 0 heterocycles. The van der Waals surface area contributed by atoms with E-state index in [1.165, 1.54) is 0 Å². The lowest BCUT2D eigenvalue weighted by Gasteiger charge is -2.10. The van der Waals surface area contributed by atoms with Gasteiger partial charge in [-0.2, -0.15) is 0 Å². The molecular weight excluding hydrogens is 324 g/mol. The molecule has 0 aliphatic carbocycles. The first kappa shape index (κ1) is 20.6. The number of carbonyl (C=O) groups excluding carboxylic acids is 1. The average Bonchev–Trinajstić information content (AvgIpc) is 2.56. The van der Waals surface area contributed by atoms with E-state index in [2.05, 4.69) is 0 Å². The van der Waals surface area contributed by atoms with Crippen molar-refractivity contribution in [1.82, 2.24) is 0 Å². The molecular formula is C19H24O6. The summed E-state index contributed by atoms with van der Waals surface area (Å²) >= 11 is 0. The third-order valence-electron chi connectivity index (χ3n) is 3.73. The monoisotopic (exact) mass is 348 g/mol. The van der Waals surface area contributed by atoms with E-state index in [0.29, 0.717) is 12.2 Å². The first-order chi connectivity index (χ1) is 11.9. The number of unbranched alkanes of at least 4 members (excludes halogenated alkanes) is 1. The summed E-state index contributed by atoms with van der Waals surface area (Å²) in [7, 11) is 0. The minimum absolute atomic E-state index is 0.0537. The van der Waals surface area contributed by atoms with Crippen LogP contribution in [0.3, 0.4) is 0 Å². The van der Waals surface area contributed by atoms with Gasteiger partial charge < -0.3 is 14.9 Å². The van der Waals surface area contributed by atoms with Gasteiger partial charge in [0.15, 0.2) is 5.78 Å². The number of ether oxygens (including phenoxy) is 1. The first-order valence-electron chi connectivity index (χ1n) is 8.23. The van der Waals surface area contributed by atoms with Crippen molar-refractivity contribution in [1.29, 1.82) is 0 Å². The Morgan fingerprint density at radius 2 is 1.56 bits per heavy atom.